The van der Waals surface area contributed by atoms with Crippen LogP contribution in [0.5, 0.6) is 0 Å². The van der Waals surface area contributed by atoms with Crippen molar-refractivity contribution in [3.8, 4) is 0 Å². The lowest BCUT2D eigenvalue weighted by molar-refractivity contribution is -0.121. The molecular formula is C26H23Cl2N3O2S2. The van der Waals surface area contributed by atoms with Gasteiger partial charge in [0.2, 0.25) is 11.0 Å². The topological polar surface area (TPSA) is 63.2 Å². The zero-order chi connectivity index (χ0) is 24.7. The maximum absolute atomic E-state index is 13.5. The van der Waals surface area contributed by atoms with Crippen LogP contribution in [0.15, 0.2) is 64.1 Å². The van der Waals surface area contributed by atoms with E-state index in [4.69, 9.17) is 23.2 Å². The van der Waals surface area contributed by atoms with Crippen LogP contribution in [0.4, 0.5) is 5.13 Å². The van der Waals surface area contributed by atoms with Crippen molar-refractivity contribution in [1.82, 2.24) is 10.2 Å². The second kappa shape index (κ2) is 9.69. The van der Waals surface area contributed by atoms with Gasteiger partial charge in [-0.05, 0) is 41.2 Å². The number of ketones is 1. The molecular weight excluding hydrogens is 521 g/mol. The van der Waals surface area contributed by atoms with E-state index in [1.54, 1.807) is 17.0 Å². The molecule has 35 heavy (non-hydrogen) atoms. The fourth-order valence-corrected chi connectivity index (χ4v) is 7.02. The minimum atomic E-state index is -0.281. The zero-order valence-corrected chi connectivity index (χ0v) is 22.4. The zero-order valence-electron chi connectivity index (χ0n) is 19.3. The molecule has 0 saturated carbocycles. The Hall–Kier alpha value is -2.19. The molecule has 3 aromatic rings. The molecule has 0 spiro atoms. The van der Waals surface area contributed by atoms with Gasteiger partial charge in [-0.3, -0.25) is 14.5 Å². The molecule has 1 aliphatic heterocycles. The molecule has 0 bridgehead atoms. The van der Waals surface area contributed by atoms with Crippen LogP contribution in [-0.4, -0.2) is 21.9 Å². The number of carbonyl (C=O) groups is 2. The molecule has 2 heterocycles. The second-order valence-corrected chi connectivity index (χ2v) is 12.6. The van der Waals surface area contributed by atoms with Crippen molar-refractivity contribution in [2.24, 2.45) is 5.41 Å². The molecule has 2 aliphatic rings. The molecule has 1 amide bonds. The van der Waals surface area contributed by atoms with E-state index in [2.05, 4.69) is 24.0 Å². The Balaban J connectivity index is 1.49. The first-order valence-corrected chi connectivity index (χ1v) is 13.8. The molecule has 5 nitrogen and oxygen atoms in total. The molecule has 0 saturated heterocycles. The van der Waals surface area contributed by atoms with Crippen molar-refractivity contribution < 1.29 is 9.59 Å². The number of benzene rings is 2. The van der Waals surface area contributed by atoms with Crippen LogP contribution >= 0.6 is 46.3 Å². The van der Waals surface area contributed by atoms with Crippen LogP contribution in [0.3, 0.4) is 0 Å². The fourth-order valence-electron chi connectivity index (χ4n) is 4.72. The smallest absolute Gasteiger partial charge is 0.234 e. The molecule has 1 aromatic heterocycles. The average Bonchev–Trinajstić information content (AvgIpc) is 3.26. The SMILES string of the molecule is CC1(C)CC(=O)C2=C(C1)N(c1nnc(SCc3ccccc3Cl)s1)C(=O)C[C@H]2c1ccc(Cl)cc1. The van der Waals surface area contributed by atoms with Crippen LogP contribution < -0.4 is 4.90 Å². The number of rotatable bonds is 5. The summed E-state index contributed by atoms with van der Waals surface area (Å²) in [5, 5.41) is 10.5. The summed E-state index contributed by atoms with van der Waals surface area (Å²) in [4.78, 5) is 28.6. The van der Waals surface area contributed by atoms with Gasteiger partial charge in [-0.15, -0.1) is 10.2 Å². The number of hydrogen-bond donors (Lipinski definition) is 0. The molecule has 0 fully saturated rings. The van der Waals surface area contributed by atoms with Gasteiger partial charge in [-0.2, -0.15) is 0 Å². The number of amides is 1. The fraction of sp³-hybridized carbons (Fsp3) is 0.308. The molecule has 0 radical (unpaired) electrons. The molecule has 180 valence electrons. The van der Waals surface area contributed by atoms with E-state index < -0.39 is 0 Å². The van der Waals surface area contributed by atoms with Crippen LogP contribution in [0.2, 0.25) is 10.0 Å². The van der Waals surface area contributed by atoms with Crippen molar-refractivity contribution in [3.63, 3.8) is 0 Å². The molecule has 2 aromatic carbocycles. The summed E-state index contributed by atoms with van der Waals surface area (Å²) in [5.74, 6) is 0.386. The monoisotopic (exact) mass is 543 g/mol. The largest absolute Gasteiger partial charge is 0.294 e. The van der Waals surface area contributed by atoms with E-state index in [1.807, 2.05) is 36.4 Å². The Bertz CT molecular complexity index is 1330. The number of carbonyl (C=O) groups excluding carboxylic acids is 2. The number of aromatic nitrogens is 2. The highest BCUT2D eigenvalue weighted by Crippen LogP contribution is 2.49. The highest BCUT2D eigenvalue weighted by Gasteiger charge is 2.45. The molecule has 1 aliphatic carbocycles. The van der Waals surface area contributed by atoms with Crippen molar-refractivity contribution >= 4 is 63.1 Å². The Kier molecular flexibility index (Phi) is 6.79. The Morgan fingerprint density at radius 3 is 2.54 bits per heavy atom. The van der Waals surface area contributed by atoms with Crippen molar-refractivity contribution in [2.45, 2.75) is 49.1 Å². The van der Waals surface area contributed by atoms with E-state index in [-0.39, 0.29) is 29.4 Å². The number of nitrogens with zero attached hydrogens (tertiary/aromatic N) is 3. The number of anilines is 1. The summed E-state index contributed by atoms with van der Waals surface area (Å²) in [6, 6.07) is 15.1. The third-order valence-corrected chi connectivity index (χ3v) is 9.02. The quantitative estimate of drug-likeness (QED) is 0.249. The molecule has 0 N–H and O–H groups in total. The van der Waals surface area contributed by atoms with E-state index in [0.29, 0.717) is 39.3 Å². The standard InChI is InChI=1S/C26H23Cl2N3O2S2/c1-26(2)12-20-23(21(32)13-26)18(15-7-9-17(27)10-8-15)11-22(33)31(20)24-29-30-25(35-24)34-14-16-5-3-4-6-19(16)28/h3-10,18H,11-14H2,1-2H3/t18-/m0/s1. The number of allylic oxidation sites excluding steroid dienone is 2. The summed E-state index contributed by atoms with van der Waals surface area (Å²) in [5.41, 5.74) is 3.16. The lowest BCUT2D eigenvalue weighted by Gasteiger charge is -2.41. The average molecular weight is 545 g/mol. The summed E-state index contributed by atoms with van der Waals surface area (Å²) in [7, 11) is 0. The highest BCUT2D eigenvalue weighted by atomic mass is 35.5. The lowest BCUT2D eigenvalue weighted by atomic mass is 9.69. The van der Waals surface area contributed by atoms with Gasteiger partial charge in [-0.25, -0.2) is 0 Å². The molecule has 9 heteroatoms. The number of halogens is 2. The molecule has 1 atom stereocenters. The summed E-state index contributed by atoms with van der Waals surface area (Å²) in [6.45, 7) is 4.13. The molecule has 5 rings (SSSR count). The van der Waals surface area contributed by atoms with Crippen LogP contribution in [0.25, 0.3) is 0 Å². The van der Waals surface area contributed by atoms with E-state index in [0.717, 1.165) is 21.2 Å². The van der Waals surface area contributed by atoms with Crippen LogP contribution in [-0.2, 0) is 15.3 Å². The number of thioether (sulfide) groups is 1. The van der Waals surface area contributed by atoms with E-state index in [1.165, 1.54) is 23.1 Å². The molecule has 0 unspecified atom stereocenters. The summed E-state index contributed by atoms with van der Waals surface area (Å²) >= 11 is 15.3. The minimum absolute atomic E-state index is 0.0759. The van der Waals surface area contributed by atoms with Gasteiger partial charge in [0.15, 0.2) is 10.1 Å². The minimum Gasteiger partial charge on any atom is -0.294 e. The summed E-state index contributed by atoms with van der Waals surface area (Å²) in [6.07, 6.45) is 1.27. The van der Waals surface area contributed by atoms with Gasteiger partial charge >= 0.3 is 0 Å². The van der Waals surface area contributed by atoms with Gasteiger partial charge in [0, 0.05) is 45.8 Å². The Morgan fingerprint density at radius 2 is 1.80 bits per heavy atom. The van der Waals surface area contributed by atoms with Crippen molar-refractivity contribution in [3.05, 3.63) is 81.0 Å². The summed E-state index contributed by atoms with van der Waals surface area (Å²) < 4.78 is 0.746. The lowest BCUT2D eigenvalue weighted by Crippen LogP contribution is -2.43. The number of hydrogen-bond acceptors (Lipinski definition) is 6. The van der Waals surface area contributed by atoms with Gasteiger partial charge < -0.3 is 0 Å². The highest BCUT2D eigenvalue weighted by molar-refractivity contribution is 8.00. The first kappa shape index (κ1) is 24.5. The maximum atomic E-state index is 13.5. The predicted octanol–water partition coefficient (Wildman–Crippen LogP) is 7.30. The Morgan fingerprint density at radius 1 is 1.06 bits per heavy atom. The van der Waals surface area contributed by atoms with Crippen molar-refractivity contribution in [1.29, 1.82) is 0 Å². The maximum Gasteiger partial charge on any atom is 0.234 e. The van der Waals surface area contributed by atoms with Gasteiger partial charge in [0.05, 0.1) is 0 Å². The second-order valence-electron chi connectivity index (χ2n) is 9.57. The first-order chi connectivity index (χ1) is 16.7. The van der Waals surface area contributed by atoms with Gasteiger partial charge in [0.1, 0.15) is 0 Å². The normalized spacial score (nSPS) is 19.8. The third kappa shape index (κ3) is 5.05. The van der Waals surface area contributed by atoms with Gasteiger partial charge in [0.25, 0.3) is 0 Å². The van der Waals surface area contributed by atoms with E-state index >= 15 is 0 Å². The third-order valence-electron chi connectivity index (χ3n) is 6.31. The van der Waals surface area contributed by atoms with Crippen LogP contribution in [0, 0.1) is 5.41 Å². The number of Topliss-reactive ketones (excluding diaryl/α,β-unsaturated/α-hetero) is 1. The predicted molar refractivity (Wildman–Crippen MR) is 142 cm³/mol. The first-order valence-electron chi connectivity index (χ1n) is 11.3. The Labute approximate surface area is 222 Å². The van der Waals surface area contributed by atoms with Crippen LogP contribution in [0.1, 0.15) is 50.2 Å². The van der Waals surface area contributed by atoms with Crippen molar-refractivity contribution in [2.75, 3.05) is 4.90 Å². The van der Waals surface area contributed by atoms with E-state index in [9.17, 15) is 9.59 Å². The van der Waals surface area contributed by atoms with Gasteiger partial charge in [-0.1, -0.05) is 90.5 Å².